The molecule has 9 heteroatoms. The predicted molar refractivity (Wildman–Crippen MR) is 127 cm³/mol. The van der Waals surface area contributed by atoms with Crippen LogP contribution in [0.15, 0.2) is 48.5 Å². The van der Waals surface area contributed by atoms with Gasteiger partial charge in [-0.1, -0.05) is 55.5 Å². The highest BCUT2D eigenvalue weighted by Gasteiger charge is 2.43. The van der Waals surface area contributed by atoms with Crippen LogP contribution in [-0.2, 0) is 23.8 Å². The van der Waals surface area contributed by atoms with Crippen LogP contribution in [0.2, 0.25) is 0 Å². The molecule has 1 fully saturated rings. The molecule has 0 radical (unpaired) electrons. The summed E-state index contributed by atoms with van der Waals surface area (Å²) in [5, 5.41) is 14.9. The second-order valence-corrected chi connectivity index (χ2v) is 8.82. The number of nitrogens with one attached hydrogen (secondary N) is 2. The van der Waals surface area contributed by atoms with E-state index in [2.05, 4.69) is 22.8 Å². The quantitative estimate of drug-likeness (QED) is 0.502. The number of rotatable bonds is 9. The molecule has 0 bridgehead atoms. The van der Waals surface area contributed by atoms with Gasteiger partial charge in [0.1, 0.15) is 6.61 Å². The number of aliphatic carboxylic acids is 1. The lowest BCUT2D eigenvalue weighted by Crippen LogP contribution is -2.61. The first-order valence-corrected chi connectivity index (χ1v) is 11.7. The normalized spacial score (nSPS) is 20.4. The zero-order valence-electron chi connectivity index (χ0n) is 19.8. The highest BCUT2D eigenvalue weighted by molar-refractivity contribution is 5.90. The van der Waals surface area contributed by atoms with Crippen molar-refractivity contribution in [2.75, 3.05) is 26.9 Å². The second kappa shape index (κ2) is 10.5. The van der Waals surface area contributed by atoms with Crippen LogP contribution in [0.3, 0.4) is 0 Å². The van der Waals surface area contributed by atoms with Crippen molar-refractivity contribution in [2.24, 2.45) is 0 Å². The number of hydrogen-bond donors (Lipinski definition) is 3. The Labute approximate surface area is 203 Å². The van der Waals surface area contributed by atoms with Crippen molar-refractivity contribution in [3.8, 4) is 11.1 Å². The summed E-state index contributed by atoms with van der Waals surface area (Å²) in [5.74, 6) is -1.90. The number of amides is 2. The molecule has 35 heavy (non-hydrogen) atoms. The van der Waals surface area contributed by atoms with Gasteiger partial charge in [0.25, 0.3) is 5.91 Å². The first-order valence-electron chi connectivity index (χ1n) is 11.7. The topological polar surface area (TPSA) is 123 Å². The van der Waals surface area contributed by atoms with Gasteiger partial charge in [0.15, 0.2) is 11.6 Å². The molecule has 2 aromatic carbocycles. The van der Waals surface area contributed by atoms with Crippen LogP contribution in [0.4, 0.5) is 4.79 Å². The fourth-order valence-electron chi connectivity index (χ4n) is 4.83. The van der Waals surface area contributed by atoms with Crippen molar-refractivity contribution < 1.29 is 33.7 Å². The minimum absolute atomic E-state index is 0.0816. The molecule has 2 aliphatic rings. The summed E-state index contributed by atoms with van der Waals surface area (Å²) in [5.41, 5.74) is 2.89. The molecule has 1 unspecified atom stereocenters. The third kappa shape index (κ3) is 4.87. The van der Waals surface area contributed by atoms with E-state index >= 15 is 0 Å². The SMILES string of the molecule is CCC(COC)(NC(=O)[C@H]1OCC[C@H]1NC(=O)OCC1c2ccccc2-c2ccccc21)C(=O)O. The monoisotopic (exact) mass is 482 g/mol. The third-order valence-electron chi connectivity index (χ3n) is 6.76. The summed E-state index contributed by atoms with van der Waals surface area (Å²) in [6.45, 7) is 1.86. The molecular weight excluding hydrogens is 452 g/mol. The summed E-state index contributed by atoms with van der Waals surface area (Å²) in [6, 6.07) is 15.5. The van der Waals surface area contributed by atoms with Gasteiger partial charge in [0, 0.05) is 19.6 Å². The van der Waals surface area contributed by atoms with E-state index in [4.69, 9.17) is 14.2 Å². The van der Waals surface area contributed by atoms with Crippen LogP contribution in [0.1, 0.15) is 36.8 Å². The Balaban J connectivity index is 1.39. The predicted octanol–water partition coefficient (Wildman–Crippen LogP) is 2.68. The maximum absolute atomic E-state index is 12.9. The van der Waals surface area contributed by atoms with E-state index in [-0.39, 0.29) is 32.2 Å². The largest absolute Gasteiger partial charge is 0.479 e. The van der Waals surface area contributed by atoms with Gasteiger partial charge in [0.05, 0.1) is 12.6 Å². The molecule has 2 amide bonds. The van der Waals surface area contributed by atoms with E-state index in [0.717, 1.165) is 22.3 Å². The van der Waals surface area contributed by atoms with Gasteiger partial charge in [-0.15, -0.1) is 0 Å². The summed E-state index contributed by atoms with van der Waals surface area (Å²) in [4.78, 5) is 37.4. The maximum Gasteiger partial charge on any atom is 0.407 e. The Hall–Kier alpha value is -3.43. The Kier molecular flexibility index (Phi) is 7.37. The van der Waals surface area contributed by atoms with Crippen molar-refractivity contribution in [3.63, 3.8) is 0 Å². The van der Waals surface area contributed by atoms with Crippen LogP contribution in [0, 0.1) is 0 Å². The Morgan fingerprint density at radius 3 is 2.29 bits per heavy atom. The number of benzene rings is 2. The Morgan fingerprint density at radius 1 is 1.09 bits per heavy atom. The second-order valence-electron chi connectivity index (χ2n) is 8.82. The van der Waals surface area contributed by atoms with Gasteiger partial charge in [-0.2, -0.15) is 0 Å². The molecule has 9 nitrogen and oxygen atoms in total. The molecule has 3 N–H and O–H groups in total. The van der Waals surface area contributed by atoms with Gasteiger partial charge in [-0.3, -0.25) is 4.79 Å². The molecule has 1 heterocycles. The minimum atomic E-state index is -1.58. The van der Waals surface area contributed by atoms with E-state index in [1.54, 1.807) is 6.92 Å². The number of hydrogen-bond acceptors (Lipinski definition) is 6. The van der Waals surface area contributed by atoms with Crippen LogP contribution in [-0.4, -0.2) is 67.7 Å². The number of carbonyl (C=O) groups is 3. The lowest BCUT2D eigenvalue weighted by atomic mass is 9.96. The van der Waals surface area contributed by atoms with Gasteiger partial charge in [0.2, 0.25) is 0 Å². The average Bonchev–Trinajstić information content (AvgIpc) is 3.44. The molecule has 4 rings (SSSR count). The first kappa shape index (κ1) is 24.7. The summed E-state index contributed by atoms with van der Waals surface area (Å²) in [6.07, 6.45) is -1.16. The molecule has 3 atom stereocenters. The lowest BCUT2D eigenvalue weighted by molar-refractivity contribution is -0.152. The summed E-state index contributed by atoms with van der Waals surface area (Å²) in [7, 11) is 1.37. The fraction of sp³-hybridized carbons (Fsp3) is 0.423. The molecule has 1 aliphatic heterocycles. The first-order chi connectivity index (χ1) is 16.9. The van der Waals surface area contributed by atoms with Crippen molar-refractivity contribution in [3.05, 3.63) is 59.7 Å². The molecule has 2 aromatic rings. The Morgan fingerprint density at radius 2 is 1.71 bits per heavy atom. The molecular formula is C26H30N2O7. The Bertz CT molecular complexity index is 1060. The van der Waals surface area contributed by atoms with E-state index in [1.807, 2.05) is 36.4 Å². The number of carboxylic acid groups (broad SMARTS) is 1. The van der Waals surface area contributed by atoms with Crippen LogP contribution in [0.5, 0.6) is 0 Å². The van der Waals surface area contributed by atoms with Crippen molar-refractivity contribution in [1.29, 1.82) is 0 Å². The summed E-state index contributed by atoms with van der Waals surface area (Å²) >= 11 is 0. The smallest absolute Gasteiger partial charge is 0.407 e. The zero-order chi connectivity index (χ0) is 25.0. The molecule has 0 aromatic heterocycles. The molecule has 0 saturated carbocycles. The molecule has 186 valence electrons. The number of carbonyl (C=O) groups excluding carboxylic acids is 2. The standard InChI is InChI=1S/C26H30N2O7/c1-3-26(15-33-2,24(30)31)28-23(29)22-21(12-13-34-22)27-25(32)35-14-20-18-10-6-4-8-16(18)17-9-5-7-11-19(17)20/h4-11,20-22H,3,12-15H2,1-2H3,(H,27,32)(H,28,29)(H,30,31)/t21-,22+,26?/m1/s1. The molecule has 1 saturated heterocycles. The van der Waals surface area contributed by atoms with Crippen molar-refractivity contribution in [1.82, 2.24) is 10.6 Å². The number of ether oxygens (including phenoxy) is 3. The highest BCUT2D eigenvalue weighted by Crippen LogP contribution is 2.44. The lowest BCUT2D eigenvalue weighted by Gasteiger charge is -2.30. The van der Waals surface area contributed by atoms with Gasteiger partial charge < -0.3 is 30.0 Å². The summed E-state index contributed by atoms with van der Waals surface area (Å²) < 4.78 is 16.1. The van der Waals surface area contributed by atoms with Crippen molar-refractivity contribution in [2.45, 2.75) is 43.4 Å². The average molecular weight is 483 g/mol. The number of alkyl carbamates (subject to hydrolysis) is 1. The van der Waals surface area contributed by atoms with Gasteiger partial charge in [-0.05, 0) is 35.1 Å². The third-order valence-corrected chi connectivity index (χ3v) is 6.76. The zero-order valence-corrected chi connectivity index (χ0v) is 19.8. The van der Waals surface area contributed by atoms with E-state index in [9.17, 15) is 19.5 Å². The molecule has 0 spiro atoms. The number of carboxylic acids is 1. The minimum Gasteiger partial charge on any atom is -0.479 e. The fourth-order valence-corrected chi connectivity index (χ4v) is 4.83. The highest BCUT2D eigenvalue weighted by atomic mass is 16.6. The van der Waals surface area contributed by atoms with Gasteiger partial charge >= 0.3 is 12.1 Å². The number of methoxy groups -OCH3 is 1. The van der Waals surface area contributed by atoms with E-state index in [0.29, 0.717) is 6.42 Å². The van der Waals surface area contributed by atoms with Crippen LogP contribution >= 0.6 is 0 Å². The van der Waals surface area contributed by atoms with Crippen molar-refractivity contribution >= 4 is 18.0 Å². The maximum atomic E-state index is 12.9. The number of fused-ring (bicyclic) bond motifs is 3. The van der Waals surface area contributed by atoms with Crippen LogP contribution in [0.25, 0.3) is 11.1 Å². The molecule has 1 aliphatic carbocycles. The van der Waals surface area contributed by atoms with Crippen LogP contribution < -0.4 is 10.6 Å². The van der Waals surface area contributed by atoms with E-state index in [1.165, 1.54) is 7.11 Å². The van der Waals surface area contributed by atoms with E-state index < -0.39 is 35.7 Å². The van der Waals surface area contributed by atoms with Gasteiger partial charge in [-0.25, -0.2) is 9.59 Å².